The Labute approximate surface area is 124 Å². The van der Waals surface area contributed by atoms with Gasteiger partial charge in [0, 0.05) is 31.4 Å². The van der Waals surface area contributed by atoms with E-state index in [4.69, 9.17) is 0 Å². The van der Waals surface area contributed by atoms with Crippen LogP contribution >= 0.6 is 0 Å². The fourth-order valence-electron chi connectivity index (χ4n) is 2.66. The largest absolute Gasteiger partial charge is 0.351 e. The third-order valence-electron chi connectivity index (χ3n) is 4.19. The zero-order valence-corrected chi connectivity index (χ0v) is 12.4. The van der Waals surface area contributed by atoms with Crippen molar-refractivity contribution >= 4 is 5.91 Å². The van der Waals surface area contributed by atoms with Crippen LogP contribution in [0.2, 0.25) is 0 Å². The molecule has 0 aliphatic carbocycles. The Balaban J connectivity index is 1.61. The molecule has 110 valence electrons. The van der Waals surface area contributed by atoms with E-state index < -0.39 is 0 Å². The minimum atomic E-state index is -0.156. The number of aryl methyl sites for hydroxylation is 1. The molecule has 0 fully saturated rings. The van der Waals surface area contributed by atoms with Crippen molar-refractivity contribution in [3.05, 3.63) is 52.8 Å². The molecule has 1 aliphatic heterocycles. The molecule has 1 atom stereocenters. The molecule has 3 rings (SSSR count). The van der Waals surface area contributed by atoms with Crippen molar-refractivity contribution in [1.82, 2.24) is 20.4 Å². The highest BCUT2D eigenvalue weighted by molar-refractivity contribution is 5.82. The molecular weight excluding hydrogens is 264 g/mol. The number of fused-ring (bicyclic) bond motifs is 1. The van der Waals surface area contributed by atoms with Gasteiger partial charge in [0.05, 0.1) is 12.2 Å². The predicted molar refractivity (Wildman–Crippen MR) is 80.6 cm³/mol. The fourth-order valence-corrected chi connectivity index (χ4v) is 2.66. The molecule has 1 unspecified atom stereocenters. The van der Waals surface area contributed by atoms with Crippen LogP contribution in [0.15, 0.2) is 30.5 Å². The van der Waals surface area contributed by atoms with E-state index in [2.05, 4.69) is 27.9 Å². The van der Waals surface area contributed by atoms with Crippen molar-refractivity contribution in [2.24, 2.45) is 7.05 Å². The Morgan fingerprint density at radius 3 is 2.90 bits per heavy atom. The van der Waals surface area contributed by atoms with Crippen molar-refractivity contribution < 1.29 is 4.79 Å². The Kier molecular flexibility index (Phi) is 3.75. The number of rotatable bonds is 3. The van der Waals surface area contributed by atoms with Crippen LogP contribution in [0.25, 0.3) is 0 Å². The lowest BCUT2D eigenvalue weighted by Crippen LogP contribution is -2.47. The first-order valence-corrected chi connectivity index (χ1v) is 7.20. The summed E-state index contributed by atoms with van der Waals surface area (Å²) in [7, 11) is 1.90. The molecule has 0 bridgehead atoms. The van der Waals surface area contributed by atoms with Gasteiger partial charge in [-0.3, -0.25) is 9.48 Å². The first-order chi connectivity index (χ1) is 10.1. The van der Waals surface area contributed by atoms with Gasteiger partial charge in [-0.2, -0.15) is 5.10 Å². The van der Waals surface area contributed by atoms with Crippen LogP contribution in [0, 0.1) is 6.92 Å². The Morgan fingerprint density at radius 2 is 2.19 bits per heavy atom. The minimum absolute atomic E-state index is 0.0488. The third-order valence-corrected chi connectivity index (χ3v) is 4.19. The standard InChI is InChI=1S/C16H20N4O/c1-11-14(10-19-20(11)2)9-18-16(21)15-7-12-5-3-4-6-13(12)8-17-15/h3-6,10,15,17H,7-9H2,1-2H3,(H,18,21). The highest BCUT2D eigenvalue weighted by Gasteiger charge is 2.23. The maximum Gasteiger partial charge on any atom is 0.237 e. The lowest BCUT2D eigenvalue weighted by Gasteiger charge is -2.25. The van der Waals surface area contributed by atoms with E-state index >= 15 is 0 Å². The Hall–Kier alpha value is -2.14. The van der Waals surface area contributed by atoms with Gasteiger partial charge in [0.2, 0.25) is 5.91 Å². The zero-order valence-electron chi connectivity index (χ0n) is 12.4. The first kappa shape index (κ1) is 13.8. The van der Waals surface area contributed by atoms with Crippen molar-refractivity contribution in [3.8, 4) is 0 Å². The normalized spacial score (nSPS) is 17.3. The van der Waals surface area contributed by atoms with Crippen LogP contribution in [-0.4, -0.2) is 21.7 Å². The smallest absolute Gasteiger partial charge is 0.237 e. The highest BCUT2D eigenvalue weighted by Crippen LogP contribution is 2.16. The van der Waals surface area contributed by atoms with Gasteiger partial charge < -0.3 is 10.6 Å². The van der Waals surface area contributed by atoms with Gasteiger partial charge in [-0.1, -0.05) is 24.3 Å². The summed E-state index contributed by atoms with van der Waals surface area (Å²) < 4.78 is 1.82. The summed E-state index contributed by atoms with van der Waals surface area (Å²) in [6.45, 7) is 3.28. The maximum absolute atomic E-state index is 12.3. The molecule has 2 heterocycles. The van der Waals surface area contributed by atoms with E-state index in [1.807, 2.05) is 30.8 Å². The number of amides is 1. The highest BCUT2D eigenvalue weighted by atomic mass is 16.2. The number of carbonyl (C=O) groups excluding carboxylic acids is 1. The summed E-state index contributed by atoms with van der Waals surface area (Å²) >= 11 is 0. The van der Waals surface area contributed by atoms with Crippen LogP contribution in [0.5, 0.6) is 0 Å². The number of benzene rings is 1. The van der Waals surface area contributed by atoms with E-state index in [1.54, 1.807) is 6.20 Å². The minimum Gasteiger partial charge on any atom is -0.351 e. The van der Waals surface area contributed by atoms with Gasteiger partial charge in [-0.15, -0.1) is 0 Å². The van der Waals surface area contributed by atoms with Gasteiger partial charge in [0.15, 0.2) is 0 Å². The van der Waals surface area contributed by atoms with E-state index in [0.717, 1.165) is 24.2 Å². The second kappa shape index (κ2) is 5.69. The van der Waals surface area contributed by atoms with Gasteiger partial charge in [0.1, 0.15) is 0 Å². The van der Waals surface area contributed by atoms with Crippen LogP contribution < -0.4 is 10.6 Å². The molecule has 2 aromatic rings. The van der Waals surface area contributed by atoms with Crippen molar-refractivity contribution in [2.75, 3.05) is 0 Å². The van der Waals surface area contributed by atoms with Crippen molar-refractivity contribution in [1.29, 1.82) is 0 Å². The monoisotopic (exact) mass is 284 g/mol. The van der Waals surface area contributed by atoms with Gasteiger partial charge in [-0.05, 0) is 24.5 Å². The Bertz CT molecular complexity index is 662. The molecule has 0 saturated heterocycles. The SMILES string of the molecule is Cc1c(CNC(=O)C2Cc3ccccc3CN2)cnn1C. The third kappa shape index (κ3) is 2.83. The summed E-state index contributed by atoms with van der Waals surface area (Å²) in [4.78, 5) is 12.3. The molecule has 0 saturated carbocycles. The van der Waals surface area contributed by atoms with Crippen LogP contribution in [0.3, 0.4) is 0 Å². The quantitative estimate of drug-likeness (QED) is 0.886. The molecule has 0 spiro atoms. The average Bonchev–Trinajstić information content (AvgIpc) is 2.84. The summed E-state index contributed by atoms with van der Waals surface area (Å²) in [5.74, 6) is 0.0488. The maximum atomic E-state index is 12.3. The number of hydrogen-bond acceptors (Lipinski definition) is 3. The zero-order chi connectivity index (χ0) is 14.8. The molecule has 21 heavy (non-hydrogen) atoms. The van der Waals surface area contributed by atoms with Gasteiger partial charge in [0.25, 0.3) is 0 Å². The number of carbonyl (C=O) groups is 1. The van der Waals surface area contributed by atoms with Crippen LogP contribution in [0.1, 0.15) is 22.4 Å². The van der Waals surface area contributed by atoms with Crippen molar-refractivity contribution in [3.63, 3.8) is 0 Å². The van der Waals surface area contributed by atoms with Crippen LogP contribution in [0.4, 0.5) is 0 Å². The summed E-state index contributed by atoms with van der Waals surface area (Å²) in [5.41, 5.74) is 4.68. The first-order valence-electron chi connectivity index (χ1n) is 7.20. The lowest BCUT2D eigenvalue weighted by molar-refractivity contribution is -0.123. The predicted octanol–water partition coefficient (Wildman–Crippen LogP) is 1.06. The fraction of sp³-hybridized carbons (Fsp3) is 0.375. The average molecular weight is 284 g/mol. The molecule has 5 nitrogen and oxygen atoms in total. The van der Waals surface area contributed by atoms with Crippen molar-refractivity contribution in [2.45, 2.75) is 32.5 Å². The molecular formula is C16H20N4O. The van der Waals surface area contributed by atoms with Crippen LogP contribution in [-0.2, 0) is 31.4 Å². The molecule has 1 aromatic carbocycles. The van der Waals surface area contributed by atoms with Gasteiger partial charge in [-0.25, -0.2) is 0 Å². The van der Waals surface area contributed by atoms with E-state index in [1.165, 1.54) is 11.1 Å². The van der Waals surface area contributed by atoms with Gasteiger partial charge >= 0.3 is 0 Å². The van der Waals surface area contributed by atoms with E-state index in [9.17, 15) is 4.79 Å². The Morgan fingerprint density at radius 1 is 1.43 bits per heavy atom. The molecule has 2 N–H and O–H groups in total. The van der Waals surface area contributed by atoms with E-state index in [0.29, 0.717) is 6.54 Å². The second-order valence-electron chi connectivity index (χ2n) is 5.50. The lowest BCUT2D eigenvalue weighted by atomic mass is 9.95. The molecule has 5 heteroatoms. The summed E-state index contributed by atoms with van der Waals surface area (Å²) in [6, 6.07) is 8.11. The second-order valence-corrected chi connectivity index (χ2v) is 5.50. The number of hydrogen-bond donors (Lipinski definition) is 2. The van der Waals surface area contributed by atoms with E-state index in [-0.39, 0.29) is 11.9 Å². The molecule has 1 aromatic heterocycles. The number of aromatic nitrogens is 2. The summed E-state index contributed by atoms with van der Waals surface area (Å²) in [6.07, 6.45) is 2.55. The molecule has 0 radical (unpaired) electrons. The molecule has 1 aliphatic rings. The number of nitrogens with zero attached hydrogens (tertiary/aromatic N) is 2. The topological polar surface area (TPSA) is 59.0 Å². The summed E-state index contributed by atoms with van der Waals surface area (Å²) in [5, 5.41) is 10.5. The molecule has 1 amide bonds. The number of nitrogens with one attached hydrogen (secondary N) is 2.